The predicted octanol–water partition coefficient (Wildman–Crippen LogP) is 1.82. The van der Waals surface area contributed by atoms with Crippen LogP contribution in [0.2, 0.25) is 0 Å². The first-order valence-electron chi connectivity index (χ1n) is 8.99. The number of nitrogens with zero attached hydrogens (tertiary/aromatic N) is 3. The Kier molecular flexibility index (Phi) is 4.15. The topological polar surface area (TPSA) is 91.0 Å². The van der Waals surface area contributed by atoms with Crippen molar-refractivity contribution < 1.29 is 9.59 Å². The van der Waals surface area contributed by atoms with E-state index in [0.717, 1.165) is 44.5 Å². The lowest BCUT2D eigenvalue weighted by molar-refractivity contribution is -0.130. The predicted molar refractivity (Wildman–Crippen MR) is 93.2 cm³/mol. The van der Waals surface area contributed by atoms with Crippen LogP contribution in [0, 0.1) is 5.92 Å². The molecule has 2 fully saturated rings. The number of piperidine rings is 1. The van der Waals surface area contributed by atoms with Crippen LogP contribution >= 0.6 is 0 Å². The van der Waals surface area contributed by atoms with Crippen molar-refractivity contribution in [2.45, 2.75) is 38.5 Å². The molecular weight excluding hydrogens is 318 g/mol. The third kappa shape index (κ3) is 3.36. The highest BCUT2D eigenvalue weighted by atomic mass is 16.2. The van der Waals surface area contributed by atoms with Gasteiger partial charge in [-0.1, -0.05) is 0 Å². The first-order chi connectivity index (χ1) is 12.1. The second-order valence-electron chi connectivity index (χ2n) is 7.15. The van der Waals surface area contributed by atoms with Gasteiger partial charge in [-0.2, -0.15) is 0 Å². The Morgan fingerprint density at radius 2 is 2.20 bits per heavy atom. The maximum Gasteiger partial charge on any atom is 0.255 e. The fourth-order valence-electron chi connectivity index (χ4n) is 3.50. The Hall–Kier alpha value is -2.44. The van der Waals surface area contributed by atoms with Gasteiger partial charge in [-0.25, -0.2) is 9.97 Å². The van der Waals surface area contributed by atoms with E-state index in [1.807, 2.05) is 4.90 Å². The molecule has 1 unspecified atom stereocenters. The highest BCUT2D eigenvalue weighted by Gasteiger charge is 2.27. The van der Waals surface area contributed by atoms with Gasteiger partial charge in [0.1, 0.15) is 5.52 Å². The number of nitrogens with one attached hydrogen (secondary N) is 2. The van der Waals surface area contributed by atoms with Crippen molar-refractivity contribution in [2.24, 2.45) is 5.92 Å². The third-order valence-corrected chi connectivity index (χ3v) is 5.16. The summed E-state index contributed by atoms with van der Waals surface area (Å²) < 4.78 is 0. The second-order valence-corrected chi connectivity index (χ2v) is 7.15. The summed E-state index contributed by atoms with van der Waals surface area (Å²) in [6.45, 7) is 3.71. The van der Waals surface area contributed by atoms with E-state index >= 15 is 0 Å². The largest absolute Gasteiger partial charge is 0.352 e. The van der Waals surface area contributed by atoms with Gasteiger partial charge in [0.2, 0.25) is 5.91 Å². The quantitative estimate of drug-likeness (QED) is 0.887. The van der Waals surface area contributed by atoms with E-state index in [0.29, 0.717) is 35.1 Å². The van der Waals surface area contributed by atoms with Crippen LogP contribution in [-0.4, -0.2) is 51.3 Å². The van der Waals surface area contributed by atoms with E-state index in [9.17, 15) is 9.59 Å². The Morgan fingerprint density at radius 3 is 2.96 bits per heavy atom. The normalized spacial score (nSPS) is 20.7. The van der Waals surface area contributed by atoms with Gasteiger partial charge in [-0.15, -0.1) is 0 Å². The summed E-state index contributed by atoms with van der Waals surface area (Å²) in [5.74, 6) is 0.784. The van der Waals surface area contributed by atoms with Crippen molar-refractivity contribution >= 4 is 23.0 Å². The maximum absolute atomic E-state index is 12.6. The Bertz CT molecular complexity index is 811. The number of amides is 2. The molecule has 3 heterocycles. The fourth-order valence-corrected chi connectivity index (χ4v) is 3.50. The Balaban J connectivity index is 1.43. The molecule has 1 atom stereocenters. The zero-order chi connectivity index (χ0) is 17.4. The minimum atomic E-state index is -0.131. The molecule has 2 aromatic heterocycles. The van der Waals surface area contributed by atoms with Crippen LogP contribution in [0.5, 0.6) is 0 Å². The first kappa shape index (κ1) is 16.1. The summed E-state index contributed by atoms with van der Waals surface area (Å²) in [4.78, 5) is 38.0. The molecule has 0 bridgehead atoms. The number of H-pyrrole nitrogens is 1. The van der Waals surface area contributed by atoms with Gasteiger partial charge in [-0.05, 0) is 31.6 Å². The fraction of sp³-hybridized carbons (Fsp3) is 0.556. The number of hydrogen-bond acceptors (Lipinski definition) is 4. The molecule has 1 saturated carbocycles. The van der Waals surface area contributed by atoms with Gasteiger partial charge in [-0.3, -0.25) is 9.59 Å². The number of aromatic nitrogens is 3. The molecule has 0 radical (unpaired) electrons. The van der Waals surface area contributed by atoms with Crippen LogP contribution < -0.4 is 5.32 Å². The molecule has 0 aromatic carbocycles. The van der Waals surface area contributed by atoms with Gasteiger partial charge in [0.15, 0.2) is 5.65 Å². The van der Waals surface area contributed by atoms with Crippen molar-refractivity contribution in [2.75, 3.05) is 19.6 Å². The molecule has 7 heteroatoms. The van der Waals surface area contributed by atoms with Crippen molar-refractivity contribution in [3.8, 4) is 0 Å². The summed E-state index contributed by atoms with van der Waals surface area (Å²) in [7, 11) is 0. The Labute approximate surface area is 146 Å². The molecule has 4 rings (SSSR count). The molecule has 132 valence electrons. The van der Waals surface area contributed by atoms with E-state index in [4.69, 9.17) is 0 Å². The molecule has 1 aliphatic heterocycles. The highest BCUT2D eigenvalue weighted by molar-refractivity contribution is 6.04. The summed E-state index contributed by atoms with van der Waals surface area (Å²) >= 11 is 0. The van der Waals surface area contributed by atoms with E-state index in [-0.39, 0.29) is 11.8 Å². The van der Waals surface area contributed by atoms with Gasteiger partial charge in [0, 0.05) is 38.7 Å². The smallest absolute Gasteiger partial charge is 0.255 e. The number of likely N-dealkylation sites (tertiary alicyclic amines) is 1. The summed E-state index contributed by atoms with van der Waals surface area (Å²) in [5.41, 5.74) is 2.82. The van der Waals surface area contributed by atoms with Crippen molar-refractivity contribution in [3.05, 3.63) is 23.7 Å². The number of carbonyl (C=O) groups excluding carboxylic acids is 2. The lowest BCUT2D eigenvalue weighted by Crippen LogP contribution is -2.42. The number of carbonyl (C=O) groups is 2. The molecular formula is C18H23N5O2. The van der Waals surface area contributed by atoms with Gasteiger partial charge in [0.25, 0.3) is 5.91 Å². The number of rotatable bonds is 4. The molecule has 7 nitrogen and oxygen atoms in total. The minimum Gasteiger partial charge on any atom is -0.352 e. The molecule has 1 aliphatic carbocycles. The van der Waals surface area contributed by atoms with Crippen LogP contribution in [-0.2, 0) is 4.79 Å². The van der Waals surface area contributed by atoms with E-state index in [1.54, 1.807) is 19.3 Å². The van der Waals surface area contributed by atoms with E-state index in [2.05, 4.69) is 20.3 Å². The molecule has 2 N–H and O–H groups in total. The molecule has 2 aliphatic rings. The number of hydrogen-bond donors (Lipinski definition) is 2. The molecule has 25 heavy (non-hydrogen) atoms. The van der Waals surface area contributed by atoms with Gasteiger partial charge in [0.05, 0.1) is 17.5 Å². The standard InChI is InChI=1S/C18H23N5O2/c1-11(24)23-6-2-3-12(10-23)7-21-18(25)14-8-19-17-16(14)22-15(9-20-17)13-4-5-13/h8-9,12-13H,2-7,10H2,1H3,(H,19,20)(H,21,25). The average molecular weight is 341 g/mol. The lowest BCUT2D eigenvalue weighted by atomic mass is 9.98. The zero-order valence-corrected chi connectivity index (χ0v) is 14.4. The van der Waals surface area contributed by atoms with Crippen LogP contribution in [0.25, 0.3) is 11.2 Å². The zero-order valence-electron chi connectivity index (χ0n) is 14.4. The molecule has 1 saturated heterocycles. The van der Waals surface area contributed by atoms with Crippen molar-refractivity contribution in [3.63, 3.8) is 0 Å². The first-order valence-corrected chi connectivity index (χ1v) is 8.99. The summed E-state index contributed by atoms with van der Waals surface area (Å²) in [6.07, 6.45) is 7.81. The van der Waals surface area contributed by atoms with Crippen LogP contribution in [0.4, 0.5) is 0 Å². The van der Waals surface area contributed by atoms with Crippen LogP contribution in [0.1, 0.15) is 54.6 Å². The van der Waals surface area contributed by atoms with E-state index in [1.165, 1.54) is 0 Å². The molecule has 2 aromatic rings. The molecule has 0 spiro atoms. The number of aromatic amines is 1. The second kappa shape index (κ2) is 6.46. The lowest BCUT2D eigenvalue weighted by Gasteiger charge is -2.32. The van der Waals surface area contributed by atoms with Crippen molar-refractivity contribution in [1.82, 2.24) is 25.2 Å². The van der Waals surface area contributed by atoms with Gasteiger partial charge >= 0.3 is 0 Å². The summed E-state index contributed by atoms with van der Waals surface area (Å²) in [5, 5.41) is 3.01. The van der Waals surface area contributed by atoms with Crippen LogP contribution in [0.3, 0.4) is 0 Å². The SMILES string of the molecule is CC(=O)N1CCCC(CNC(=O)c2c[nH]c3ncc(C4CC4)nc23)C1. The van der Waals surface area contributed by atoms with Crippen molar-refractivity contribution in [1.29, 1.82) is 0 Å². The summed E-state index contributed by atoms with van der Waals surface area (Å²) in [6, 6.07) is 0. The average Bonchev–Trinajstić information content (AvgIpc) is 3.39. The van der Waals surface area contributed by atoms with E-state index < -0.39 is 0 Å². The highest BCUT2D eigenvalue weighted by Crippen LogP contribution is 2.39. The number of fused-ring (bicyclic) bond motifs is 1. The molecule has 2 amide bonds. The van der Waals surface area contributed by atoms with Crippen LogP contribution in [0.15, 0.2) is 12.4 Å². The monoisotopic (exact) mass is 341 g/mol. The minimum absolute atomic E-state index is 0.107. The maximum atomic E-state index is 12.6. The Morgan fingerprint density at radius 1 is 1.36 bits per heavy atom. The van der Waals surface area contributed by atoms with Gasteiger partial charge < -0.3 is 15.2 Å². The third-order valence-electron chi connectivity index (χ3n) is 5.16.